The van der Waals surface area contributed by atoms with Gasteiger partial charge in [0, 0.05) is 24.2 Å². The predicted molar refractivity (Wildman–Crippen MR) is 112 cm³/mol. The number of aromatic nitrogens is 1. The number of phenolic OH excluding ortho intramolecular Hbond substituents is 1. The average Bonchev–Trinajstić information content (AvgIpc) is 3.22. The highest BCUT2D eigenvalue weighted by Crippen LogP contribution is 2.41. The number of esters is 1. The molecule has 2 aromatic carbocycles. The van der Waals surface area contributed by atoms with E-state index in [0.29, 0.717) is 35.8 Å². The maximum absolute atomic E-state index is 13.5. The van der Waals surface area contributed by atoms with Crippen molar-refractivity contribution in [2.45, 2.75) is 32.2 Å². The average molecular weight is 419 g/mol. The lowest BCUT2D eigenvalue weighted by Gasteiger charge is -2.26. The molecule has 2 aliphatic rings. The second-order valence-corrected chi connectivity index (χ2v) is 7.78. The van der Waals surface area contributed by atoms with E-state index < -0.39 is 5.92 Å². The van der Waals surface area contributed by atoms with Crippen LogP contribution in [-0.2, 0) is 17.8 Å². The minimum absolute atomic E-state index is 0.0862. The van der Waals surface area contributed by atoms with Crippen LogP contribution in [0.2, 0.25) is 0 Å². The first-order chi connectivity index (χ1) is 15.0. The first-order valence-corrected chi connectivity index (χ1v) is 10.1. The summed E-state index contributed by atoms with van der Waals surface area (Å²) in [6.45, 7) is 2.46. The van der Waals surface area contributed by atoms with Gasteiger partial charge in [-0.3, -0.25) is 9.59 Å². The van der Waals surface area contributed by atoms with Crippen molar-refractivity contribution in [3.8, 4) is 23.0 Å². The van der Waals surface area contributed by atoms with E-state index in [1.165, 1.54) is 0 Å². The fourth-order valence-electron chi connectivity index (χ4n) is 4.19. The number of hydrogen-bond acceptors (Lipinski definition) is 6. The molecular formula is C24H21NO6. The Hall–Kier alpha value is -3.74. The lowest BCUT2D eigenvalue weighted by molar-refractivity contribution is -0.135. The van der Waals surface area contributed by atoms with E-state index in [1.807, 2.05) is 31.2 Å². The summed E-state index contributed by atoms with van der Waals surface area (Å²) in [4.78, 5) is 25.8. The number of aromatic hydroxyl groups is 1. The fourth-order valence-corrected chi connectivity index (χ4v) is 4.19. The zero-order valence-electron chi connectivity index (χ0n) is 17.0. The Morgan fingerprint density at radius 2 is 1.77 bits per heavy atom. The summed E-state index contributed by atoms with van der Waals surface area (Å²) >= 11 is 0. The fraction of sp³-hybridized carbons (Fsp3) is 0.250. The highest BCUT2D eigenvalue weighted by atomic mass is 16.7. The molecule has 2 aliphatic heterocycles. The van der Waals surface area contributed by atoms with Gasteiger partial charge in [0.15, 0.2) is 11.5 Å². The van der Waals surface area contributed by atoms with E-state index in [0.717, 1.165) is 16.8 Å². The summed E-state index contributed by atoms with van der Waals surface area (Å²) in [6.07, 6.45) is 0.719. The van der Waals surface area contributed by atoms with Gasteiger partial charge in [0.2, 0.25) is 6.79 Å². The van der Waals surface area contributed by atoms with Crippen molar-refractivity contribution >= 4 is 5.97 Å². The maximum atomic E-state index is 13.5. The van der Waals surface area contributed by atoms with Gasteiger partial charge >= 0.3 is 5.97 Å². The molecule has 3 heterocycles. The number of hydrogen-bond donors (Lipinski definition) is 1. The topological polar surface area (TPSA) is 87.0 Å². The minimum Gasteiger partial charge on any atom is -0.508 e. The second-order valence-electron chi connectivity index (χ2n) is 7.78. The van der Waals surface area contributed by atoms with E-state index in [2.05, 4.69) is 0 Å². The molecule has 0 bridgehead atoms. The van der Waals surface area contributed by atoms with Crippen LogP contribution in [-0.4, -0.2) is 22.4 Å². The third kappa shape index (κ3) is 3.52. The van der Waals surface area contributed by atoms with Crippen LogP contribution in [0.25, 0.3) is 0 Å². The quantitative estimate of drug-likeness (QED) is 0.653. The van der Waals surface area contributed by atoms with Gasteiger partial charge in [-0.25, -0.2) is 0 Å². The number of rotatable bonds is 4. The SMILES string of the molecule is Cc1cc2c(c(=O)n1CCc1ccc(O)cc1)[C@H](c1ccc3c(c1)OCO3)CC(=O)O2. The number of fused-ring (bicyclic) bond motifs is 2. The van der Waals surface area contributed by atoms with Crippen LogP contribution in [0, 0.1) is 6.92 Å². The Labute approximate surface area is 178 Å². The van der Waals surface area contributed by atoms with Crippen molar-refractivity contribution in [3.63, 3.8) is 0 Å². The molecule has 7 heteroatoms. The second kappa shape index (κ2) is 7.50. The summed E-state index contributed by atoms with van der Waals surface area (Å²) in [6, 6.07) is 14.2. The minimum atomic E-state index is -0.418. The van der Waals surface area contributed by atoms with Crippen LogP contribution in [0.3, 0.4) is 0 Å². The van der Waals surface area contributed by atoms with Crippen LogP contribution in [0.4, 0.5) is 0 Å². The molecule has 0 unspecified atom stereocenters. The van der Waals surface area contributed by atoms with Crippen molar-refractivity contribution in [1.82, 2.24) is 4.57 Å². The summed E-state index contributed by atoms with van der Waals surface area (Å²) in [5.41, 5.74) is 2.87. The van der Waals surface area contributed by atoms with Gasteiger partial charge in [-0.15, -0.1) is 0 Å². The van der Waals surface area contributed by atoms with Crippen LogP contribution in [0.15, 0.2) is 53.3 Å². The van der Waals surface area contributed by atoms with Gasteiger partial charge in [-0.2, -0.15) is 0 Å². The summed E-state index contributed by atoms with van der Waals surface area (Å²) in [5.74, 6) is 1.01. The normalized spacial score (nSPS) is 16.7. The molecule has 158 valence electrons. The highest BCUT2D eigenvalue weighted by Gasteiger charge is 2.33. The molecule has 0 saturated heterocycles. The van der Waals surface area contributed by atoms with E-state index in [9.17, 15) is 14.7 Å². The number of benzene rings is 2. The Morgan fingerprint density at radius 3 is 2.58 bits per heavy atom. The largest absolute Gasteiger partial charge is 0.508 e. The molecule has 0 amide bonds. The highest BCUT2D eigenvalue weighted by molar-refractivity contribution is 5.77. The number of aryl methyl sites for hydroxylation is 2. The van der Waals surface area contributed by atoms with E-state index in [1.54, 1.807) is 28.8 Å². The molecule has 7 nitrogen and oxygen atoms in total. The van der Waals surface area contributed by atoms with Gasteiger partial charge in [-0.1, -0.05) is 18.2 Å². The molecule has 1 atom stereocenters. The van der Waals surface area contributed by atoms with Crippen LogP contribution < -0.4 is 19.8 Å². The van der Waals surface area contributed by atoms with E-state index in [-0.39, 0.29) is 30.5 Å². The lowest BCUT2D eigenvalue weighted by atomic mass is 9.86. The van der Waals surface area contributed by atoms with Crippen LogP contribution in [0.5, 0.6) is 23.0 Å². The molecule has 1 N–H and O–H groups in total. The van der Waals surface area contributed by atoms with Crippen molar-refractivity contribution in [2.24, 2.45) is 0 Å². The number of carbonyl (C=O) groups is 1. The number of ether oxygens (including phenoxy) is 3. The van der Waals surface area contributed by atoms with Crippen molar-refractivity contribution in [1.29, 1.82) is 0 Å². The monoisotopic (exact) mass is 419 g/mol. The first-order valence-electron chi connectivity index (χ1n) is 10.1. The maximum Gasteiger partial charge on any atom is 0.312 e. The molecule has 0 fully saturated rings. The van der Waals surface area contributed by atoms with E-state index >= 15 is 0 Å². The van der Waals surface area contributed by atoms with Crippen molar-refractivity contribution < 1.29 is 24.1 Å². The smallest absolute Gasteiger partial charge is 0.312 e. The molecule has 0 radical (unpaired) electrons. The van der Waals surface area contributed by atoms with Crippen LogP contribution >= 0.6 is 0 Å². The molecule has 31 heavy (non-hydrogen) atoms. The molecule has 5 rings (SSSR count). The summed E-state index contributed by atoms with van der Waals surface area (Å²) in [5, 5.41) is 9.47. The summed E-state index contributed by atoms with van der Waals surface area (Å²) < 4.78 is 18.0. The Kier molecular flexibility index (Phi) is 4.66. The number of phenols is 1. The van der Waals surface area contributed by atoms with Gasteiger partial charge in [0.05, 0.1) is 12.0 Å². The summed E-state index contributed by atoms with van der Waals surface area (Å²) in [7, 11) is 0. The molecule has 0 saturated carbocycles. The molecular weight excluding hydrogens is 398 g/mol. The number of nitrogens with zero attached hydrogens (tertiary/aromatic N) is 1. The zero-order valence-corrected chi connectivity index (χ0v) is 17.0. The van der Waals surface area contributed by atoms with Crippen molar-refractivity contribution in [2.75, 3.05) is 6.79 Å². The van der Waals surface area contributed by atoms with Gasteiger partial charge in [0.25, 0.3) is 5.56 Å². The van der Waals surface area contributed by atoms with Crippen molar-refractivity contribution in [3.05, 3.63) is 81.3 Å². The van der Waals surface area contributed by atoms with Crippen LogP contribution in [0.1, 0.15) is 34.7 Å². The zero-order chi connectivity index (χ0) is 21.5. The Morgan fingerprint density at radius 1 is 1.00 bits per heavy atom. The predicted octanol–water partition coefficient (Wildman–Crippen LogP) is 3.27. The molecule has 0 spiro atoms. The third-order valence-electron chi connectivity index (χ3n) is 5.81. The third-order valence-corrected chi connectivity index (χ3v) is 5.81. The first kappa shape index (κ1) is 19.2. The molecule has 3 aromatic rings. The van der Waals surface area contributed by atoms with E-state index in [4.69, 9.17) is 14.2 Å². The standard InChI is InChI=1S/C24H21NO6/c1-14-10-21-23(24(28)25(14)9-8-15-2-5-17(26)6-3-15)18(12-22(27)31-21)16-4-7-19-20(11-16)30-13-29-19/h2-7,10-11,18,26H,8-9,12-13H2,1H3/t18-/m0/s1. The van der Waals surface area contributed by atoms with Gasteiger partial charge in [0.1, 0.15) is 11.5 Å². The number of pyridine rings is 1. The van der Waals surface area contributed by atoms with Gasteiger partial charge < -0.3 is 23.9 Å². The number of carbonyl (C=O) groups excluding carboxylic acids is 1. The lowest BCUT2D eigenvalue weighted by Crippen LogP contribution is -2.33. The molecule has 1 aromatic heterocycles. The Balaban J connectivity index is 1.53. The molecule has 0 aliphatic carbocycles. The Bertz CT molecular complexity index is 1230. The van der Waals surface area contributed by atoms with Gasteiger partial charge in [-0.05, 0) is 48.7 Å².